The van der Waals surface area contributed by atoms with Gasteiger partial charge in [-0.1, -0.05) is 23.5 Å². The number of carboxylic acids is 1. The van der Waals surface area contributed by atoms with Gasteiger partial charge in [-0.15, -0.1) is 0 Å². The number of carbonyl (C=O) groups is 2. The van der Waals surface area contributed by atoms with E-state index in [9.17, 15) is 9.59 Å². The molecule has 0 aliphatic carbocycles. The van der Waals surface area contributed by atoms with Crippen molar-refractivity contribution in [2.45, 2.75) is 0 Å². The van der Waals surface area contributed by atoms with Gasteiger partial charge in [0.1, 0.15) is 0 Å². The number of hydrogen-bond acceptors (Lipinski definition) is 5. The Morgan fingerprint density at radius 2 is 1.94 bits per heavy atom. The Bertz CT molecular complexity index is 550. The molecule has 0 radical (unpaired) electrons. The Morgan fingerprint density at radius 1 is 1.24 bits per heavy atom. The summed E-state index contributed by atoms with van der Waals surface area (Å²) in [7, 11) is 0. The zero-order chi connectivity index (χ0) is 12.3. The summed E-state index contributed by atoms with van der Waals surface area (Å²) in [6.07, 6.45) is 1.50. The molecule has 2 rings (SSSR count). The van der Waals surface area contributed by atoms with Crippen LogP contribution in [0.3, 0.4) is 0 Å². The summed E-state index contributed by atoms with van der Waals surface area (Å²) < 4.78 is 4.94. The zero-order valence-corrected chi connectivity index (χ0v) is 9.31. The van der Waals surface area contributed by atoms with Crippen molar-refractivity contribution in [1.82, 2.24) is 4.98 Å². The average Bonchev–Trinajstić information content (AvgIpc) is 2.81. The highest BCUT2D eigenvalue weighted by Crippen LogP contribution is 2.17. The number of benzene rings is 1. The summed E-state index contributed by atoms with van der Waals surface area (Å²) in [4.78, 5) is 26.4. The minimum atomic E-state index is -1.17. The van der Waals surface area contributed by atoms with Gasteiger partial charge in [-0.2, -0.15) is 0 Å². The topological polar surface area (TPSA) is 76.5 Å². The minimum Gasteiger partial charge on any atom is -0.478 e. The number of hydrogen-bond donors (Lipinski definition) is 1. The lowest BCUT2D eigenvalue weighted by Crippen LogP contribution is -2.13. The van der Waals surface area contributed by atoms with Crippen LogP contribution in [0.25, 0.3) is 0 Å². The van der Waals surface area contributed by atoms with Crippen LogP contribution >= 0.6 is 11.3 Å². The van der Waals surface area contributed by atoms with E-state index in [1.165, 1.54) is 18.3 Å². The molecule has 0 amide bonds. The fraction of sp³-hybridized carbons (Fsp3) is 0. The van der Waals surface area contributed by atoms with Crippen LogP contribution in [0.2, 0.25) is 0 Å². The molecule has 6 heteroatoms. The van der Waals surface area contributed by atoms with Crippen molar-refractivity contribution in [1.29, 1.82) is 0 Å². The quantitative estimate of drug-likeness (QED) is 0.842. The van der Waals surface area contributed by atoms with Crippen LogP contribution in [-0.2, 0) is 0 Å². The molecule has 1 aromatic heterocycles. The van der Waals surface area contributed by atoms with Gasteiger partial charge in [0.25, 0.3) is 5.19 Å². The highest BCUT2D eigenvalue weighted by molar-refractivity contribution is 7.11. The fourth-order valence-corrected chi connectivity index (χ4v) is 1.73. The van der Waals surface area contributed by atoms with E-state index in [0.717, 1.165) is 11.3 Å². The van der Waals surface area contributed by atoms with Gasteiger partial charge in [0.15, 0.2) is 0 Å². The molecule has 0 saturated heterocycles. The molecule has 2 aromatic rings. The van der Waals surface area contributed by atoms with Gasteiger partial charge in [0.2, 0.25) is 0 Å². The molecular formula is C11H7NO4S. The molecule has 17 heavy (non-hydrogen) atoms. The van der Waals surface area contributed by atoms with E-state index in [1.807, 2.05) is 0 Å². The third-order valence-corrected chi connectivity index (χ3v) is 2.62. The molecule has 0 unspecified atom stereocenters. The molecule has 0 aliphatic heterocycles. The van der Waals surface area contributed by atoms with E-state index in [0.29, 0.717) is 0 Å². The van der Waals surface area contributed by atoms with Crippen LogP contribution < -0.4 is 4.74 Å². The van der Waals surface area contributed by atoms with Crippen LogP contribution in [0.4, 0.5) is 0 Å². The summed E-state index contributed by atoms with van der Waals surface area (Å²) in [5.41, 5.74) is -0.0794. The van der Waals surface area contributed by atoms with E-state index >= 15 is 0 Å². The molecule has 0 fully saturated rings. The Kier molecular flexibility index (Phi) is 3.15. The lowest BCUT2D eigenvalue weighted by Gasteiger charge is -2.03. The maximum Gasteiger partial charge on any atom is 0.346 e. The smallest absolute Gasteiger partial charge is 0.346 e. The van der Waals surface area contributed by atoms with E-state index in [4.69, 9.17) is 9.84 Å². The summed E-state index contributed by atoms with van der Waals surface area (Å²) in [6.45, 7) is 0. The number of rotatable bonds is 3. The second kappa shape index (κ2) is 4.75. The molecule has 1 aromatic carbocycles. The molecular weight excluding hydrogens is 242 g/mol. The first-order chi connectivity index (χ1) is 8.18. The molecule has 0 spiro atoms. The SMILES string of the molecule is O=C(O)c1ccccc1C(=O)Oc1nccs1. The minimum absolute atomic E-state index is 0.00944. The maximum absolute atomic E-state index is 11.7. The third-order valence-electron chi connectivity index (χ3n) is 1.97. The van der Waals surface area contributed by atoms with Gasteiger partial charge in [0.05, 0.1) is 11.1 Å². The lowest BCUT2D eigenvalue weighted by molar-refractivity contribution is 0.0667. The predicted octanol–water partition coefficient (Wildman–Crippen LogP) is 2.06. The first-order valence-corrected chi connectivity index (χ1v) is 5.50. The van der Waals surface area contributed by atoms with Gasteiger partial charge in [-0.25, -0.2) is 14.6 Å². The standard InChI is InChI=1S/C11H7NO4S/c13-9(14)7-3-1-2-4-8(7)10(15)16-11-12-5-6-17-11/h1-6H,(H,13,14). The summed E-state index contributed by atoms with van der Waals surface area (Å²) in [5, 5.41) is 10.8. The Labute approximate surface area is 100 Å². The Morgan fingerprint density at radius 3 is 2.53 bits per heavy atom. The number of thiazole rings is 1. The Balaban J connectivity index is 2.28. The molecule has 0 aliphatic rings. The maximum atomic E-state index is 11.7. The zero-order valence-electron chi connectivity index (χ0n) is 8.49. The normalized spacial score (nSPS) is 9.88. The van der Waals surface area contributed by atoms with Crippen LogP contribution in [0.15, 0.2) is 35.8 Å². The molecule has 0 bridgehead atoms. The van der Waals surface area contributed by atoms with Gasteiger partial charge >= 0.3 is 11.9 Å². The number of esters is 1. The van der Waals surface area contributed by atoms with Crippen molar-refractivity contribution >= 4 is 23.3 Å². The van der Waals surface area contributed by atoms with Crippen LogP contribution in [0, 0.1) is 0 Å². The van der Waals surface area contributed by atoms with Crippen molar-refractivity contribution in [3.8, 4) is 5.19 Å². The van der Waals surface area contributed by atoms with Crippen molar-refractivity contribution in [3.63, 3.8) is 0 Å². The summed E-state index contributed by atoms with van der Waals surface area (Å²) >= 11 is 1.16. The average molecular weight is 249 g/mol. The second-order valence-electron chi connectivity index (χ2n) is 3.04. The van der Waals surface area contributed by atoms with Crippen molar-refractivity contribution < 1.29 is 19.4 Å². The summed E-state index contributed by atoms with van der Waals surface area (Å²) in [6, 6.07) is 5.87. The van der Waals surface area contributed by atoms with E-state index in [-0.39, 0.29) is 16.3 Å². The highest BCUT2D eigenvalue weighted by Gasteiger charge is 2.18. The number of carbonyl (C=O) groups excluding carboxylic acids is 1. The monoisotopic (exact) mass is 249 g/mol. The van der Waals surface area contributed by atoms with Crippen molar-refractivity contribution in [2.24, 2.45) is 0 Å². The van der Waals surface area contributed by atoms with E-state index < -0.39 is 11.9 Å². The molecule has 5 nitrogen and oxygen atoms in total. The number of nitrogens with zero attached hydrogens (tertiary/aromatic N) is 1. The molecule has 0 atom stereocenters. The van der Waals surface area contributed by atoms with Gasteiger partial charge < -0.3 is 9.84 Å². The molecule has 0 saturated carbocycles. The van der Waals surface area contributed by atoms with Crippen LogP contribution in [0.1, 0.15) is 20.7 Å². The van der Waals surface area contributed by atoms with Crippen LogP contribution in [-0.4, -0.2) is 22.0 Å². The van der Waals surface area contributed by atoms with Gasteiger partial charge in [-0.3, -0.25) is 0 Å². The first kappa shape index (κ1) is 11.3. The van der Waals surface area contributed by atoms with E-state index in [1.54, 1.807) is 17.5 Å². The lowest BCUT2D eigenvalue weighted by atomic mass is 10.1. The first-order valence-electron chi connectivity index (χ1n) is 4.62. The van der Waals surface area contributed by atoms with Gasteiger partial charge in [-0.05, 0) is 12.1 Å². The largest absolute Gasteiger partial charge is 0.478 e. The molecule has 1 N–H and O–H groups in total. The van der Waals surface area contributed by atoms with Crippen molar-refractivity contribution in [3.05, 3.63) is 47.0 Å². The second-order valence-corrected chi connectivity index (χ2v) is 3.90. The van der Waals surface area contributed by atoms with Crippen molar-refractivity contribution in [2.75, 3.05) is 0 Å². The van der Waals surface area contributed by atoms with Gasteiger partial charge in [0, 0.05) is 11.6 Å². The highest BCUT2D eigenvalue weighted by atomic mass is 32.1. The van der Waals surface area contributed by atoms with E-state index in [2.05, 4.69) is 4.98 Å². The third kappa shape index (κ3) is 2.48. The van der Waals surface area contributed by atoms with Crippen LogP contribution in [0.5, 0.6) is 5.19 Å². The number of aromatic nitrogens is 1. The molecule has 1 heterocycles. The summed E-state index contributed by atoms with van der Waals surface area (Å²) in [5.74, 6) is -1.89. The predicted molar refractivity (Wildman–Crippen MR) is 60.5 cm³/mol. The molecule has 86 valence electrons. The Hall–Kier alpha value is -2.21. The number of carboxylic acid groups (broad SMARTS) is 1. The number of aromatic carboxylic acids is 1. The number of ether oxygens (including phenoxy) is 1. The fourth-order valence-electron chi connectivity index (χ4n) is 1.24.